The van der Waals surface area contributed by atoms with Crippen LogP contribution < -0.4 is 21.9 Å². The van der Waals surface area contributed by atoms with Gasteiger partial charge in [0, 0.05) is 51.6 Å². The first-order valence-electron chi connectivity index (χ1n) is 11.1. The number of aromatic nitrogens is 1. The Morgan fingerprint density at radius 1 is 1.24 bits per heavy atom. The second kappa shape index (κ2) is 12.2. The number of aromatic carboxylic acids is 1. The summed E-state index contributed by atoms with van der Waals surface area (Å²) in [4.78, 5) is 23.6. The lowest BCUT2D eigenvalue weighted by Gasteiger charge is -2.26. The molecule has 10 nitrogen and oxygen atoms in total. The molecule has 0 amide bonds. The predicted octanol–water partition coefficient (Wildman–Crippen LogP) is 2.27. The average molecular weight is 474 g/mol. The molecule has 0 fully saturated rings. The lowest BCUT2D eigenvalue weighted by Crippen LogP contribution is -2.35. The Morgan fingerprint density at radius 2 is 1.91 bits per heavy atom. The fraction of sp³-hybridized carbons (Fsp3) is 0.458. The van der Waals surface area contributed by atoms with Crippen molar-refractivity contribution >= 4 is 11.8 Å². The van der Waals surface area contributed by atoms with E-state index in [1.165, 1.54) is 17.3 Å². The van der Waals surface area contributed by atoms with E-state index in [2.05, 4.69) is 25.9 Å². The second-order valence-corrected chi connectivity index (χ2v) is 8.68. The molecule has 0 aliphatic carbocycles. The number of ether oxygens (including phenoxy) is 2. The number of rotatable bonds is 7. The molecule has 1 aliphatic rings. The van der Waals surface area contributed by atoms with Crippen molar-refractivity contribution in [2.45, 2.75) is 40.2 Å². The number of carboxylic acids is 1. The van der Waals surface area contributed by atoms with Gasteiger partial charge in [-0.1, -0.05) is 20.8 Å². The van der Waals surface area contributed by atoms with E-state index in [0.717, 1.165) is 17.0 Å². The van der Waals surface area contributed by atoms with Crippen molar-refractivity contribution in [3.05, 3.63) is 51.3 Å². The summed E-state index contributed by atoms with van der Waals surface area (Å²) in [5.41, 5.74) is 2.13. The molecule has 2 aromatic rings. The van der Waals surface area contributed by atoms with Crippen LogP contribution in [0.5, 0.6) is 5.75 Å². The Labute approximate surface area is 199 Å². The number of aryl methyl sites for hydroxylation is 2. The van der Waals surface area contributed by atoms with E-state index < -0.39 is 11.4 Å². The van der Waals surface area contributed by atoms with E-state index in [-0.39, 0.29) is 5.56 Å². The smallest absolute Gasteiger partial charge is 0.341 e. The topological polar surface area (TPSA) is 145 Å². The molecule has 5 N–H and O–H groups in total. The minimum Gasteiger partial charge on any atom is -0.493 e. The number of hydrogen-bond acceptors (Lipinski definition) is 7. The summed E-state index contributed by atoms with van der Waals surface area (Å²) in [6.07, 6.45) is 2.73. The minimum atomic E-state index is -1.25. The molecule has 0 bridgehead atoms. The molecule has 0 radical (unpaired) electrons. The molecule has 0 spiro atoms. The van der Waals surface area contributed by atoms with Gasteiger partial charge in [-0.15, -0.1) is 0 Å². The van der Waals surface area contributed by atoms with E-state index in [0.29, 0.717) is 55.4 Å². The number of amidine groups is 1. The molecule has 3 rings (SSSR count). The van der Waals surface area contributed by atoms with Gasteiger partial charge in [0.05, 0.1) is 17.9 Å². The monoisotopic (exact) mass is 473 g/mol. The van der Waals surface area contributed by atoms with Crippen LogP contribution in [0.1, 0.15) is 48.7 Å². The van der Waals surface area contributed by atoms with Crippen LogP contribution >= 0.6 is 0 Å². The first-order valence-corrected chi connectivity index (χ1v) is 11.1. The molecule has 1 aromatic heterocycles. The van der Waals surface area contributed by atoms with Crippen molar-refractivity contribution < 1.29 is 19.4 Å². The SMILES string of the molecule is CC(C)C.COCCCOc1cc2c(cc1/C(=N/N)N(C)N)-c1cc(=O)c(C(=O)O)cn1CC2. The van der Waals surface area contributed by atoms with E-state index in [9.17, 15) is 14.7 Å². The van der Waals surface area contributed by atoms with E-state index in [1.807, 2.05) is 12.1 Å². The van der Waals surface area contributed by atoms with Gasteiger partial charge >= 0.3 is 5.97 Å². The van der Waals surface area contributed by atoms with Gasteiger partial charge in [0.1, 0.15) is 11.3 Å². The number of fused-ring (bicyclic) bond motifs is 3. The number of hydrazine groups is 1. The van der Waals surface area contributed by atoms with Gasteiger partial charge in [-0.2, -0.15) is 5.10 Å². The lowest BCUT2D eigenvalue weighted by atomic mass is 9.93. The molecule has 0 unspecified atom stereocenters. The number of nitrogens with zero attached hydrogens (tertiary/aromatic N) is 3. The Hall–Kier alpha value is -3.37. The zero-order chi connectivity index (χ0) is 25.4. The van der Waals surface area contributed by atoms with Crippen molar-refractivity contribution in [2.24, 2.45) is 22.7 Å². The van der Waals surface area contributed by atoms with E-state index in [4.69, 9.17) is 21.2 Å². The summed E-state index contributed by atoms with van der Waals surface area (Å²) in [6, 6.07) is 5.06. The summed E-state index contributed by atoms with van der Waals surface area (Å²) in [6.45, 7) is 8.04. The standard InChI is InChI=1S/C20H25N5O5.C4H10/c1-24(22)19(23-21)14-9-13-12(8-18(14)30-7-3-6-29-2)4-5-25-11-15(20(27)28)17(26)10-16(13)25;1-4(2)3/h8-11H,3-7,21-22H2,1-2H3,(H,27,28);4H,1-3H3/b23-19-;. The number of hydrazone groups is 1. The number of nitrogens with two attached hydrogens (primary N) is 2. The lowest BCUT2D eigenvalue weighted by molar-refractivity contribution is 0.0694. The van der Waals surface area contributed by atoms with Gasteiger partial charge in [0.2, 0.25) is 0 Å². The third kappa shape index (κ3) is 6.58. The zero-order valence-corrected chi connectivity index (χ0v) is 20.5. The quantitative estimate of drug-likeness (QED) is 0.183. The number of hydrogen-bond donors (Lipinski definition) is 3. The maximum absolute atomic E-state index is 12.3. The van der Waals surface area contributed by atoms with Crippen LogP contribution in [0.4, 0.5) is 0 Å². The maximum atomic E-state index is 12.3. The molecule has 34 heavy (non-hydrogen) atoms. The summed E-state index contributed by atoms with van der Waals surface area (Å²) < 4.78 is 12.8. The number of pyridine rings is 1. The van der Waals surface area contributed by atoms with Gasteiger partial charge < -0.3 is 25.0 Å². The Bertz CT molecular complexity index is 1090. The van der Waals surface area contributed by atoms with E-state index >= 15 is 0 Å². The third-order valence-corrected chi connectivity index (χ3v) is 4.91. The van der Waals surface area contributed by atoms with Crippen molar-refractivity contribution in [2.75, 3.05) is 27.4 Å². The molecule has 1 aromatic carbocycles. The van der Waals surface area contributed by atoms with Crippen LogP contribution in [0, 0.1) is 5.92 Å². The Balaban J connectivity index is 0.000000945. The zero-order valence-electron chi connectivity index (χ0n) is 20.5. The average Bonchev–Trinajstić information content (AvgIpc) is 2.76. The van der Waals surface area contributed by atoms with Gasteiger partial charge in [0.25, 0.3) is 0 Å². The highest BCUT2D eigenvalue weighted by Crippen LogP contribution is 2.35. The first-order chi connectivity index (χ1) is 16.1. The molecule has 0 atom stereocenters. The van der Waals surface area contributed by atoms with Crippen molar-refractivity contribution in [3.63, 3.8) is 0 Å². The molecular weight excluding hydrogens is 438 g/mol. The summed E-state index contributed by atoms with van der Waals surface area (Å²) >= 11 is 0. The second-order valence-electron chi connectivity index (χ2n) is 8.68. The summed E-state index contributed by atoms with van der Waals surface area (Å²) in [5.74, 6) is 11.9. The number of methoxy groups -OCH3 is 1. The highest BCUT2D eigenvalue weighted by molar-refractivity contribution is 6.02. The molecule has 10 heteroatoms. The van der Waals surface area contributed by atoms with Crippen molar-refractivity contribution in [1.29, 1.82) is 0 Å². The first kappa shape index (κ1) is 26.9. The minimum absolute atomic E-state index is 0.258. The molecule has 2 heterocycles. The molecule has 1 aliphatic heterocycles. The highest BCUT2D eigenvalue weighted by Gasteiger charge is 2.24. The van der Waals surface area contributed by atoms with Gasteiger partial charge in [-0.05, 0) is 30.0 Å². The highest BCUT2D eigenvalue weighted by atomic mass is 16.5. The molecule has 0 saturated carbocycles. The predicted molar refractivity (Wildman–Crippen MR) is 132 cm³/mol. The van der Waals surface area contributed by atoms with Crippen LogP contribution in [-0.4, -0.2) is 53.9 Å². The van der Waals surface area contributed by atoms with Crippen LogP contribution in [0.25, 0.3) is 11.3 Å². The van der Waals surface area contributed by atoms with Crippen LogP contribution in [-0.2, 0) is 17.7 Å². The van der Waals surface area contributed by atoms with Crippen molar-refractivity contribution in [3.8, 4) is 17.0 Å². The fourth-order valence-corrected chi connectivity index (χ4v) is 3.49. The van der Waals surface area contributed by atoms with Gasteiger partial charge in [-0.25, -0.2) is 10.6 Å². The fourth-order valence-electron chi connectivity index (χ4n) is 3.49. The number of carboxylic acid groups (broad SMARTS) is 1. The number of carbonyl (C=O) groups is 1. The molecule has 186 valence electrons. The molecular formula is C24H35N5O5. The van der Waals surface area contributed by atoms with Crippen LogP contribution in [0.15, 0.2) is 34.3 Å². The van der Waals surface area contributed by atoms with Gasteiger partial charge in [0.15, 0.2) is 11.3 Å². The molecule has 0 saturated heterocycles. The number of benzene rings is 1. The Kier molecular flexibility index (Phi) is 9.64. The Morgan fingerprint density at radius 3 is 2.47 bits per heavy atom. The summed E-state index contributed by atoms with van der Waals surface area (Å²) in [7, 11) is 3.24. The third-order valence-electron chi connectivity index (χ3n) is 4.91. The van der Waals surface area contributed by atoms with Gasteiger partial charge in [-0.3, -0.25) is 9.80 Å². The van der Waals surface area contributed by atoms with E-state index in [1.54, 1.807) is 18.7 Å². The van der Waals surface area contributed by atoms with Crippen LogP contribution in [0.2, 0.25) is 0 Å². The van der Waals surface area contributed by atoms with Crippen molar-refractivity contribution in [1.82, 2.24) is 9.58 Å². The normalized spacial score (nSPS) is 12.4. The van der Waals surface area contributed by atoms with Crippen LogP contribution in [0.3, 0.4) is 0 Å². The largest absolute Gasteiger partial charge is 0.493 e. The maximum Gasteiger partial charge on any atom is 0.341 e. The summed E-state index contributed by atoms with van der Waals surface area (Å²) in [5, 5.41) is 14.3.